The summed E-state index contributed by atoms with van der Waals surface area (Å²) >= 11 is 1.52. The van der Waals surface area contributed by atoms with Crippen molar-refractivity contribution in [2.45, 2.75) is 26.2 Å². The van der Waals surface area contributed by atoms with Crippen molar-refractivity contribution in [1.82, 2.24) is 4.98 Å². The van der Waals surface area contributed by atoms with Crippen molar-refractivity contribution in [2.24, 2.45) is 0 Å². The monoisotopic (exact) mass is 340 g/mol. The molecule has 0 saturated carbocycles. The predicted octanol–water partition coefficient (Wildman–Crippen LogP) is 4.44. The van der Waals surface area contributed by atoms with Crippen molar-refractivity contribution in [3.05, 3.63) is 53.6 Å². The summed E-state index contributed by atoms with van der Waals surface area (Å²) in [4.78, 5) is 16.6. The van der Waals surface area contributed by atoms with E-state index in [1.54, 1.807) is 7.11 Å². The maximum absolute atomic E-state index is 12.1. The van der Waals surface area contributed by atoms with Crippen molar-refractivity contribution in [3.8, 4) is 5.75 Å². The second kappa shape index (κ2) is 7.45. The third kappa shape index (κ3) is 3.92. The van der Waals surface area contributed by atoms with Crippen LogP contribution in [0.1, 0.15) is 24.5 Å². The number of amides is 1. The molecule has 0 spiro atoms. The lowest BCUT2D eigenvalue weighted by Crippen LogP contribution is -2.12. The van der Waals surface area contributed by atoms with Crippen LogP contribution in [-0.4, -0.2) is 18.0 Å². The van der Waals surface area contributed by atoms with Crippen LogP contribution in [0, 0.1) is 0 Å². The fourth-order valence-corrected chi connectivity index (χ4v) is 3.42. The van der Waals surface area contributed by atoms with Gasteiger partial charge >= 0.3 is 0 Å². The van der Waals surface area contributed by atoms with Crippen molar-refractivity contribution < 1.29 is 9.53 Å². The summed E-state index contributed by atoms with van der Waals surface area (Å²) in [5, 5.41) is 3.57. The maximum Gasteiger partial charge on any atom is 0.226 e. The fourth-order valence-electron chi connectivity index (χ4n) is 2.47. The molecule has 4 nitrogen and oxygen atoms in total. The van der Waals surface area contributed by atoms with Crippen LogP contribution in [0.2, 0.25) is 0 Å². The Kier molecular flexibility index (Phi) is 5.11. The molecule has 0 saturated heterocycles. The lowest BCUT2D eigenvalue weighted by Gasteiger charge is -2.03. The number of ether oxygens (including phenoxy) is 1. The van der Waals surface area contributed by atoms with E-state index in [4.69, 9.17) is 4.74 Å². The van der Waals surface area contributed by atoms with E-state index in [1.807, 2.05) is 30.3 Å². The number of aromatic nitrogens is 1. The van der Waals surface area contributed by atoms with Gasteiger partial charge in [0, 0.05) is 6.42 Å². The normalized spacial score (nSPS) is 10.8. The number of carbonyl (C=O) groups is 1. The van der Waals surface area contributed by atoms with Gasteiger partial charge in [0.15, 0.2) is 5.13 Å². The number of nitrogens with zero attached hydrogens (tertiary/aromatic N) is 1. The molecular formula is C19H20N2O2S. The van der Waals surface area contributed by atoms with Gasteiger partial charge in [-0.15, -0.1) is 0 Å². The number of hydrogen-bond donors (Lipinski definition) is 1. The van der Waals surface area contributed by atoms with Gasteiger partial charge in [-0.2, -0.15) is 0 Å². The molecule has 3 aromatic rings. The molecule has 24 heavy (non-hydrogen) atoms. The summed E-state index contributed by atoms with van der Waals surface area (Å²) in [6, 6.07) is 14.0. The van der Waals surface area contributed by atoms with Gasteiger partial charge in [-0.3, -0.25) is 4.79 Å². The van der Waals surface area contributed by atoms with Crippen LogP contribution in [0.3, 0.4) is 0 Å². The molecule has 0 radical (unpaired) electrons. The lowest BCUT2D eigenvalue weighted by atomic mass is 10.1. The molecule has 1 aromatic heterocycles. The van der Waals surface area contributed by atoms with E-state index in [0.29, 0.717) is 18.0 Å². The first kappa shape index (κ1) is 16.5. The van der Waals surface area contributed by atoms with Gasteiger partial charge < -0.3 is 10.1 Å². The second-order valence-electron chi connectivity index (χ2n) is 5.57. The van der Waals surface area contributed by atoms with E-state index in [2.05, 4.69) is 29.4 Å². The zero-order valence-corrected chi connectivity index (χ0v) is 14.7. The first-order valence-corrected chi connectivity index (χ1v) is 8.82. The van der Waals surface area contributed by atoms with E-state index in [1.165, 1.54) is 16.9 Å². The SMILES string of the molecule is CCc1ccc2nc(NC(=O)CCc3ccc(OC)cc3)sc2c1. The molecule has 0 aliphatic heterocycles. The minimum absolute atomic E-state index is 0.0133. The molecule has 3 rings (SSSR count). The molecule has 1 N–H and O–H groups in total. The molecule has 0 fully saturated rings. The van der Waals surface area contributed by atoms with E-state index >= 15 is 0 Å². The molecule has 0 bridgehead atoms. The highest BCUT2D eigenvalue weighted by Gasteiger charge is 2.08. The Morgan fingerprint density at radius 2 is 1.92 bits per heavy atom. The number of aryl methyl sites for hydroxylation is 2. The van der Waals surface area contributed by atoms with E-state index < -0.39 is 0 Å². The van der Waals surface area contributed by atoms with Gasteiger partial charge in [0.25, 0.3) is 0 Å². The minimum atomic E-state index is -0.0133. The molecule has 1 heterocycles. The summed E-state index contributed by atoms with van der Waals surface area (Å²) in [5.41, 5.74) is 3.33. The quantitative estimate of drug-likeness (QED) is 0.722. The Morgan fingerprint density at radius 1 is 1.17 bits per heavy atom. The number of benzene rings is 2. The standard InChI is InChI=1S/C19H20N2O2S/c1-3-13-6-10-16-17(12-13)24-19(20-16)21-18(22)11-7-14-4-8-15(23-2)9-5-14/h4-6,8-10,12H,3,7,11H2,1-2H3,(H,20,21,22). The zero-order chi connectivity index (χ0) is 16.9. The van der Waals surface area contributed by atoms with Crippen molar-refractivity contribution in [3.63, 3.8) is 0 Å². The zero-order valence-electron chi connectivity index (χ0n) is 13.8. The van der Waals surface area contributed by atoms with Crippen LogP contribution in [-0.2, 0) is 17.6 Å². The summed E-state index contributed by atoms with van der Waals surface area (Å²) in [5.74, 6) is 0.810. The van der Waals surface area contributed by atoms with Gasteiger partial charge in [0.1, 0.15) is 5.75 Å². The van der Waals surface area contributed by atoms with Crippen LogP contribution in [0.5, 0.6) is 5.75 Å². The molecule has 124 valence electrons. The number of thiazole rings is 1. The molecule has 0 aliphatic rings. The van der Waals surface area contributed by atoms with Gasteiger partial charge in [0.05, 0.1) is 17.3 Å². The largest absolute Gasteiger partial charge is 0.497 e. The molecule has 5 heteroatoms. The van der Waals surface area contributed by atoms with Crippen LogP contribution < -0.4 is 10.1 Å². The highest BCUT2D eigenvalue weighted by atomic mass is 32.1. The summed E-state index contributed by atoms with van der Waals surface area (Å²) < 4.78 is 6.24. The smallest absolute Gasteiger partial charge is 0.226 e. The summed E-state index contributed by atoms with van der Waals surface area (Å²) in [7, 11) is 1.64. The number of hydrogen-bond acceptors (Lipinski definition) is 4. The Labute approximate surface area is 145 Å². The van der Waals surface area contributed by atoms with Gasteiger partial charge in [-0.1, -0.05) is 36.5 Å². The first-order chi connectivity index (χ1) is 11.7. The van der Waals surface area contributed by atoms with Crippen molar-refractivity contribution in [2.75, 3.05) is 12.4 Å². The Bertz CT molecular complexity index is 840. The fraction of sp³-hybridized carbons (Fsp3) is 0.263. The van der Waals surface area contributed by atoms with Crippen molar-refractivity contribution >= 4 is 32.6 Å². The summed E-state index contributed by atoms with van der Waals surface area (Å²) in [6.07, 6.45) is 2.13. The molecule has 0 unspecified atom stereocenters. The Morgan fingerprint density at radius 3 is 2.62 bits per heavy atom. The Hall–Kier alpha value is -2.40. The van der Waals surface area contributed by atoms with Gasteiger partial charge in [0.2, 0.25) is 5.91 Å². The third-order valence-electron chi connectivity index (χ3n) is 3.91. The molecule has 0 aliphatic carbocycles. The Balaban J connectivity index is 1.59. The summed E-state index contributed by atoms with van der Waals surface area (Å²) in [6.45, 7) is 2.13. The predicted molar refractivity (Wildman–Crippen MR) is 98.9 cm³/mol. The average molecular weight is 340 g/mol. The van der Waals surface area contributed by atoms with Crippen molar-refractivity contribution in [1.29, 1.82) is 0 Å². The van der Waals surface area contributed by atoms with Crippen LogP contribution in [0.4, 0.5) is 5.13 Å². The molecule has 1 amide bonds. The van der Waals surface area contributed by atoms with Crippen LogP contribution in [0.25, 0.3) is 10.2 Å². The van der Waals surface area contributed by atoms with E-state index in [0.717, 1.165) is 28.0 Å². The van der Waals surface area contributed by atoms with Gasteiger partial charge in [-0.05, 0) is 48.2 Å². The highest BCUT2D eigenvalue weighted by Crippen LogP contribution is 2.27. The van der Waals surface area contributed by atoms with Crippen LogP contribution >= 0.6 is 11.3 Å². The van der Waals surface area contributed by atoms with E-state index in [9.17, 15) is 4.79 Å². The number of rotatable bonds is 6. The topological polar surface area (TPSA) is 51.2 Å². The third-order valence-corrected chi connectivity index (χ3v) is 4.84. The van der Waals surface area contributed by atoms with Crippen LogP contribution in [0.15, 0.2) is 42.5 Å². The van der Waals surface area contributed by atoms with Gasteiger partial charge in [-0.25, -0.2) is 4.98 Å². The number of nitrogens with one attached hydrogen (secondary N) is 1. The average Bonchev–Trinajstić information content (AvgIpc) is 3.01. The first-order valence-electron chi connectivity index (χ1n) is 8.00. The second-order valence-corrected chi connectivity index (χ2v) is 6.60. The number of fused-ring (bicyclic) bond motifs is 1. The minimum Gasteiger partial charge on any atom is -0.497 e. The number of anilines is 1. The molecule has 2 aromatic carbocycles. The maximum atomic E-state index is 12.1. The highest BCUT2D eigenvalue weighted by molar-refractivity contribution is 7.22. The lowest BCUT2D eigenvalue weighted by molar-refractivity contribution is -0.116. The number of methoxy groups -OCH3 is 1. The molecular weight excluding hydrogens is 320 g/mol. The molecule has 0 atom stereocenters. The number of carbonyl (C=O) groups excluding carboxylic acids is 1. The van der Waals surface area contributed by atoms with E-state index in [-0.39, 0.29) is 5.91 Å².